The number of ether oxygens (including phenoxy) is 2. The first-order valence-electron chi connectivity index (χ1n) is 13.7. The summed E-state index contributed by atoms with van der Waals surface area (Å²) in [6.45, 7) is 4.65. The standard InChI is InChI=1S/C27H57NO2.ClH/c1-4-5-6-7-8-9-10-11-12-13-14-15-16-17-18-19-20-21-22-23-25-28-26-24-27(29-2)30-3;/h27-28H,4-26H2,1-3H3;1H. The first-order chi connectivity index (χ1) is 14.8. The first kappa shape index (κ1) is 33.3. The minimum atomic E-state index is -0.0313. The van der Waals surface area contributed by atoms with E-state index in [0.29, 0.717) is 0 Å². The molecule has 2 N–H and O–H groups in total. The summed E-state index contributed by atoms with van der Waals surface area (Å²) in [5.41, 5.74) is 0. The van der Waals surface area contributed by atoms with Crippen molar-refractivity contribution in [3.05, 3.63) is 0 Å². The lowest BCUT2D eigenvalue weighted by molar-refractivity contribution is -0.657. The van der Waals surface area contributed by atoms with E-state index < -0.39 is 0 Å². The number of rotatable bonds is 26. The van der Waals surface area contributed by atoms with Crippen molar-refractivity contribution in [3.8, 4) is 0 Å². The molecule has 0 rings (SSSR count). The Kier molecular flexibility index (Phi) is 32.5. The van der Waals surface area contributed by atoms with E-state index in [1.54, 1.807) is 14.2 Å². The summed E-state index contributed by atoms with van der Waals surface area (Å²) in [6, 6.07) is 0. The van der Waals surface area contributed by atoms with Gasteiger partial charge in [-0.25, -0.2) is 0 Å². The molecule has 0 saturated heterocycles. The van der Waals surface area contributed by atoms with Crippen LogP contribution in [0.4, 0.5) is 0 Å². The number of nitrogens with two attached hydrogens (primary N) is 1. The Balaban J connectivity index is 0. The van der Waals surface area contributed by atoms with Crippen LogP contribution in [0.15, 0.2) is 0 Å². The molecule has 0 aliphatic heterocycles. The topological polar surface area (TPSA) is 35.1 Å². The summed E-state index contributed by atoms with van der Waals surface area (Å²) in [5, 5.41) is 2.40. The van der Waals surface area contributed by atoms with Crippen molar-refractivity contribution in [2.45, 2.75) is 148 Å². The largest absolute Gasteiger partial charge is 1.00 e. The van der Waals surface area contributed by atoms with Crippen LogP contribution in [0, 0.1) is 0 Å². The van der Waals surface area contributed by atoms with Crippen LogP contribution in [-0.4, -0.2) is 33.6 Å². The molecule has 190 valence electrons. The van der Waals surface area contributed by atoms with Crippen molar-refractivity contribution < 1.29 is 27.2 Å². The minimum absolute atomic E-state index is 0. The third-order valence-electron chi connectivity index (χ3n) is 6.39. The first-order valence-corrected chi connectivity index (χ1v) is 13.7. The van der Waals surface area contributed by atoms with Gasteiger partial charge in [-0.2, -0.15) is 0 Å². The van der Waals surface area contributed by atoms with Gasteiger partial charge in [-0.15, -0.1) is 0 Å². The summed E-state index contributed by atoms with van der Waals surface area (Å²) in [7, 11) is 3.43. The zero-order chi connectivity index (χ0) is 22.0. The second-order valence-corrected chi connectivity index (χ2v) is 9.27. The van der Waals surface area contributed by atoms with Crippen LogP contribution in [0.25, 0.3) is 0 Å². The van der Waals surface area contributed by atoms with E-state index in [-0.39, 0.29) is 18.7 Å². The number of hydrogen-bond donors (Lipinski definition) is 1. The van der Waals surface area contributed by atoms with Gasteiger partial charge in [0.1, 0.15) is 0 Å². The van der Waals surface area contributed by atoms with Crippen LogP contribution in [0.2, 0.25) is 0 Å². The molecule has 0 bridgehead atoms. The minimum Gasteiger partial charge on any atom is -1.00 e. The van der Waals surface area contributed by atoms with Gasteiger partial charge in [0.15, 0.2) is 6.29 Å². The van der Waals surface area contributed by atoms with Crippen molar-refractivity contribution in [2.75, 3.05) is 27.3 Å². The van der Waals surface area contributed by atoms with Gasteiger partial charge >= 0.3 is 0 Å². The van der Waals surface area contributed by atoms with Crippen molar-refractivity contribution in [1.29, 1.82) is 0 Å². The van der Waals surface area contributed by atoms with Crippen LogP contribution in [0.3, 0.4) is 0 Å². The number of quaternary nitrogens is 1. The van der Waals surface area contributed by atoms with Crippen molar-refractivity contribution >= 4 is 0 Å². The van der Waals surface area contributed by atoms with Crippen LogP contribution in [0.1, 0.15) is 142 Å². The van der Waals surface area contributed by atoms with Crippen LogP contribution < -0.4 is 17.7 Å². The molecule has 0 unspecified atom stereocenters. The molecule has 0 atom stereocenters. The molecule has 0 fully saturated rings. The summed E-state index contributed by atoms with van der Waals surface area (Å²) < 4.78 is 10.4. The van der Waals surface area contributed by atoms with Crippen molar-refractivity contribution in [2.24, 2.45) is 0 Å². The average Bonchev–Trinajstić information content (AvgIpc) is 2.77. The Hall–Kier alpha value is 0.170. The molecule has 0 aromatic carbocycles. The van der Waals surface area contributed by atoms with E-state index in [4.69, 9.17) is 9.47 Å². The quantitative estimate of drug-likeness (QED) is 0.152. The number of unbranched alkanes of at least 4 members (excludes halogenated alkanes) is 19. The lowest BCUT2D eigenvalue weighted by atomic mass is 10.0. The summed E-state index contributed by atoms with van der Waals surface area (Å²) in [6.07, 6.45) is 29.9. The third-order valence-corrected chi connectivity index (χ3v) is 6.39. The Morgan fingerprint density at radius 1 is 0.484 bits per heavy atom. The van der Waals surface area contributed by atoms with E-state index in [1.807, 2.05) is 0 Å². The maximum absolute atomic E-state index is 5.21. The summed E-state index contributed by atoms with van der Waals surface area (Å²) in [4.78, 5) is 0. The molecule has 0 aromatic rings. The van der Waals surface area contributed by atoms with E-state index in [1.165, 1.54) is 135 Å². The Bertz CT molecular complexity index is 301. The highest BCUT2D eigenvalue weighted by Gasteiger charge is 2.05. The fraction of sp³-hybridized carbons (Fsp3) is 1.00. The van der Waals surface area contributed by atoms with Crippen LogP contribution in [-0.2, 0) is 9.47 Å². The van der Waals surface area contributed by atoms with Gasteiger partial charge in [0.05, 0.1) is 13.1 Å². The fourth-order valence-electron chi connectivity index (χ4n) is 4.27. The van der Waals surface area contributed by atoms with Crippen molar-refractivity contribution in [1.82, 2.24) is 0 Å². The molecule has 0 spiro atoms. The Morgan fingerprint density at radius 2 is 0.806 bits per heavy atom. The molecular formula is C27H58ClNO2. The molecule has 0 heterocycles. The fourth-order valence-corrected chi connectivity index (χ4v) is 4.27. The molecule has 31 heavy (non-hydrogen) atoms. The van der Waals surface area contributed by atoms with Crippen LogP contribution >= 0.6 is 0 Å². The molecule has 0 aliphatic carbocycles. The monoisotopic (exact) mass is 463 g/mol. The summed E-state index contributed by atoms with van der Waals surface area (Å²) in [5.74, 6) is 0. The number of hydrogen-bond acceptors (Lipinski definition) is 2. The molecule has 0 amide bonds. The maximum Gasteiger partial charge on any atom is 0.162 e. The lowest BCUT2D eigenvalue weighted by Gasteiger charge is -2.11. The predicted octanol–water partition coefficient (Wildman–Crippen LogP) is 4.38. The van der Waals surface area contributed by atoms with E-state index in [9.17, 15) is 0 Å². The average molecular weight is 464 g/mol. The zero-order valence-corrected chi connectivity index (χ0v) is 22.4. The van der Waals surface area contributed by atoms with E-state index >= 15 is 0 Å². The van der Waals surface area contributed by atoms with Gasteiger partial charge in [0, 0.05) is 20.6 Å². The smallest absolute Gasteiger partial charge is 0.162 e. The Morgan fingerprint density at radius 3 is 1.13 bits per heavy atom. The van der Waals surface area contributed by atoms with Gasteiger partial charge < -0.3 is 27.2 Å². The van der Waals surface area contributed by atoms with E-state index in [0.717, 1.165) is 13.0 Å². The van der Waals surface area contributed by atoms with Gasteiger partial charge in [0.2, 0.25) is 0 Å². The molecule has 4 heteroatoms. The van der Waals surface area contributed by atoms with Gasteiger partial charge in [0.25, 0.3) is 0 Å². The number of halogens is 1. The van der Waals surface area contributed by atoms with Gasteiger partial charge in [-0.05, 0) is 12.8 Å². The molecule has 0 radical (unpaired) electrons. The maximum atomic E-state index is 5.21. The lowest BCUT2D eigenvalue weighted by Crippen LogP contribution is -3.00. The Labute approximate surface area is 202 Å². The highest BCUT2D eigenvalue weighted by Crippen LogP contribution is 2.14. The molecule has 0 aliphatic rings. The second kappa shape index (κ2) is 30.2. The second-order valence-electron chi connectivity index (χ2n) is 9.27. The van der Waals surface area contributed by atoms with Gasteiger partial charge in [-0.1, -0.05) is 122 Å². The molecule has 3 nitrogen and oxygen atoms in total. The summed E-state index contributed by atoms with van der Waals surface area (Å²) >= 11 is 0. The molecule has 0 saturated carbocycles. The molecular weight excluding hydrogens is 406 g/mol. The third kappa shape index (κ3) is 28.1. The van der Waals surface area contributed by atoms with Crippen LogP contribution in [0.5, 0.6) is 0 Å². The zero-order valence-electron chi connectivity index (χ0n) is 21.6. The van der Waals surface area contributed by atoms with Crippen molar-refractivity contribution in [3.63, 3.8) is 0 Å². The van der Waals surface area contributed by atoms with Gasteiger partial charge in [-0.3, -0.25) is 0 Å². The highest BCUT2D eigenvalue weighted by molar-refractivity contribution is 4.51. The highest BCUT2D eigenvalue weighted by atomic mass is 35.5. The normalized spacial score (nSPS) is 11.2. The predicted molar refractivity (Wildman–Crippen MR) is 132 cm³/mol. The molecule has 0 aromatic heterocycles. The number of methoxy groups -OCH3 is 2. The SMILES string of the molecule is CCCCCCCCCCCCCCCCCCCCCC[NH2+]CCC(OC)OC.[Cl-]. The van der Waals surface area contributed by atoms with E-state index in [2.05, 4.69) is 12.2 Å².